The lowest BCUT2D eigenvalue weighted by molar-refractivity contribution is 0.324. The highest BCUT2D eigenvalue weighted by molar-refractivity contribution is 6.90. The SMILES string of the molecule is CC(C)c1cccc(C(C)C)c1-c1ccc2c(c1)B1c3c(cc4c(-c5ccccc5)ccc(-c5ccccc5)c4c3-2)-n2c3cc4c(cc3c(=O)n21)C1(CCCC1)CC41CCCC1. The highest BCUT2D eigenvalue weighted by Gasteiger charge is 2.55. The van der Waals surface area contributed by atoms with Gasteiger partial charge in [-0.25, -0.2) is 0 Å². The van der Waals surface area contributed by atoms with Gasteiger partial charge in [0.25, 0.3) is 5.56 Å². The zero-order valence-electron chi connectivity index (χ0n) is 36.5. The van der Waals surface area contributed by atoms with Crippen molar-refractivity contribution >= 4 is 39.4 Å². The van der Waals surface area contributed by atoms with Crippen molar-refractivity contribution < 1.29 is 0 Å². The molecule has 3 aliphatic carbocycles. The van der Waals surface area contributed by atoms with Crippen LogP contribution in [0.4, 0.5) is 0 Å². The molecule has 1 aromatic heterocycles. The van der Waals surface area contributed by atoms with Gasteiger partial charge < -0.3 is 0 Å². The summed E-state index contributed by atoms with van der Waals surface area (Å²) in [6.45, 7) is 9.04. The largest absolute Gasteiger partial charge is 0.354 e. The number of aromatic nitrogens is 2. The van der Waals surface area contributed by atoms with Gasteiger partial charge in [-0.05, 0) is 161 Å². The third-order valence-electron chi connectivity index (χ3n) is 16.5. The Hall–Kier alpha value is -5.87. The smallest absolute Gasteiger partial charge is 0.281 e. The van der Waals surface area contributed by atoms with E-state index in [9.17, 15) is 0 Å². The molecule has 8 aromatic rings. The Kier molecular flexibility index (Phi) is 7.76. The fourth-order valence-electron chi connectivity index (χ4n) is 13.9. The van der Waals surface area contributed by atoms with E-state index in [0.717, 1.165) is 16.6 Å². The van der Waals surface area contributed by atoms with Crippen molar-refractivity contribution in [2.75, 3.05) is 0 Å². The van der Waals surface area contributed by atoms with Crippen molar-refractivity contribution in [1.82, 2.24) is 9.27 Å². The van der Waals surface area contributed by atoms with E-state index < -0.39 is 0 Å². The molecule has 0 unspecified atom stereocenters. The molecule has 2 fully saturated rings. The van der Waals surface area contributed by atoms with E-state index in [-0.39, 0.29) is 23.2 Å². The average Bonchev–Trinajstić information content (AvgIpc) is 4.16. The van der Waals surface area contributed by atoms with E-state index in [1.54, 1.807) is 5.56 Å². The molecule has 2 saturated carbocycles. The number of hydrogen-bond acceptors (Lipinski definition) is 1. The van der Waals surface area contributed by atoms with E-state index in [1.165, 1.54) is 141 Å². The second-order valence-corrected chi connectivity index (χ2v) is 20.4. The molecule has 7 aromatic carbocycles. The minimum Gasteiger partial charge on any atom is -0.281 e. The van der Waals surface area contributed by atoms with Crippen LogP contribution in [-0.2, 0) is 10.8 Å². The van der Waals surface area contributed by atoms with Gasteiger partial charge in [0, 0.05) is 0 Å². The molecule has 304 valence electrons. The molecule has 0 atom stereocenters. The van der Waals surface area contributed by atoms with Gasteiger partial charge >= 0.3 is 6.85 Å². The van der Waals surface area contributed by atoms with Gasteiger partial charge in [-0.3, -0.25) is 14.1 Å². The molecule has 0 bridgehead atoms. The minimum atomic E-state index is -0.229. The number of nitrogens with zero attached hydrogens (tertiary/aromatic N) is 2. The number of hydrogen-bond donors (Lipinski definition) is 0. The summed E-state index contributed by atoms with van der Waals surface area (Å²) in [7, 11) is 0. The molecule has 62 heavy (non-hydrogen) atoms. The maximum Gasteiger partial charge on any atom is 0.354 e. The zero-order valence-corrected chi connectivity index (χ0v) is 36.5. The third kappa shape index (κ3) is 4.82. The first-order valence-electron chi connectivity index (χ1n) is 23.6. The van der Waals surface area contributed by atoms with Gasteiger partial charge in [-0.2, -0.15) is 0 Å². The highest BCUT2D eigenvalue weighted by atomic mass is 16.1. The van der Waals surface area contributed by atoms with Crippen LogP contribution >= 0.6 is 0 Å². The topological polar surface area (TPSA) is 26.9 Å². The predicted molar refractivity (Wildman–Crippen MR) is 260 cm³/mol. The monoisotopic (exact) mass is 804 g/mol. The Morgan fingerprint density at radius 2 is 1.13 bits per heavy atom. The van der Waals surface area contributed by atoms with Crippen LogP contribution in [0.25, 0.3) is 71.9 Å². The van der Waals surface area contributed by atoms with E-state index in [2.05, 4.69) is 164 Å². The van der Waals surface area contributed by atoms with Crippen LogP contribution in [-0.4, -0.2) is 16.1 Å². The van der Waals surface area contributed by atoms with Crippen molar-refractivity contribution in [1.29, 1.82) is 0 Å². The number of fused-ring (bicyclic) bond motifs is 13. The van der Waals surface area contributed by atoms with Crippen molar-refractivity contribution in [2.24, 2.45) is 0 Å². The lowest BCUT2D eigenvalue weighted by Crippen LogP contribution is -2.47. The first kappa shape index (κ1) is 36.8. The highest BCUT2D eigenvalue weighted by Crippen LogP contribution is 2.62. The molecule has 3 heterocycles. The van der Waals surface area contributed by atoms with Crippen LogP contribution < -0.4 is 16.5 Å². The summed E-state index contributed by atoms with van der Waals surface area (Å²) >= 11 is 0. The summed E-state index contributed by atoms with van der Waals surface area (Å²) in [6, 6.07) is 48.1. The maximum atomic E-state index is 15.7. The number of benzene rings is 7. The Morgan fingerprint density at radius 3 is 1.76 bits per heavy atom. The Labute approximate surface area is 365 Å². The summed E-state index contributed by atoms with van der Waals surface area (Å²) < 4.78 is 4.58. The maximum absolute atomic E-state index is 15.7. The molecule has 4 heteroatoms. The predicted octanol–water partition coefficient (Wildman–Crippen LogP) is 13.2. The van der Waals surface area contributed by atoms with Crippen molar-refractivity contribution in [3.05, 3.63) is 160 Å². The molecule has 3 nitrogen and oxygen atoms in total. The van der Waals surface area contributed by atoms with Gasteiger partial charge in [0.05, 0.1) is 16.6 Å². The van der Waals surface area contributed by atoms with Crippen LogP contribution in [0.15, 0.2) is 132 Å². The normalized spacial score (nSPS) is 17.4. The van der Waals surface area contributed by atoms with Gasteiger partial charge in [0.1, 0.15) is 0 Å². The summed E-state index contributed by atoms with van der Waals surface area (Å²) in [6.07, 6.45) is 11.6. The lowest BCUT2D eigenvalue weighted by atomic mass is 9.54. The molecule has 2 aliphatic heterocycles. The summed E-state index contributed by atoms with van der Waals surface area (Å²) in [4.78, 5) is 15.7. The first-order valence-corrected chi connectivity index (χ1v) is 23.6. The molecule has 0 amide bonds. The standard InChI is InChI=1S/C58H53BN2O/c1-35(2)40-20-15-21-41(36(3)4)52(40)39-22-23-44-49(30-39)59-55-51(32-45-42(37-16-7-5-8-17-37)24-25-43(53(45)54(44)55)38-18-9-6-10-19-38)60-50-33-48-47(31-46(50)56(62)61(59)60)57(26-11-12-27-57)34-58(48)28-13-14-29-58/h5-10,15-25,30-33,35-36H,11-14,26-29,34H2,1-4H3. The second-order valence-electron chi connectivity index (χ2n) is 20.4. The fourth-order valence-corrected chi connectivity index (χ4v) is 13.9. The quantitative estimate of drug-likeness (QED) is 0.159. The number of rotatable bonds is 5. The van der Waals surface area contributed by atoms with Crippen molar-refractivity contribution in [2.45, 2.75) is 108 Å². The summed E-state index contributed by atoms with van der Waals surface area (Å²) in [5, 5.41) is 3.40. The van der Waals surface area contributed by atoms with Crippen LogP contribution in [0.3, 0.4) is 0 Å². The van der Waals surface area contributed by atoms with Gasteiger partial charge in [0.15, 0.2) is 0 Å². The summed E-state index contributed by atoms with van der Waals surface area (Å²) in [5.74, 6) is 0.749. The third-order valence-corrected chi connectivity index (χ3v) is 16.5. The van der Waals surface area contributed by atoms with E-state index in [1.807, 2.05) is 0 Å². The second kappa shape index (κ2) is 13.1. The minimum absolute atomic E-state index is 0.148. The van der Waals surface area contributed by atoms with Gasteiger partial charge in [0.2, 0.25) is 0 Å². The molecule has 13 rings (SSSR count). The van der Waals surface area contributed by atoms with E-state index in [0.29, 0.717) is 11.8 Å². The lowest BCUT2D eigenvalue weighted by Gasteiger charge is -2.29. The van der Waals surface area contributed by atoms with E-state index in [4.69, 9.17) is 0 Å². The van der Waals surface area contributed by atoms with Crippen molar-refractivity contribution in [3.8, 4) is 50.2 Å². The van der Waals surface area contributed by atoms with Crippen molar-refractivity contribution in [3.63, 3.8) is 0 Å². The molecule has 5 aliphatic rings. The molecule has 0 saturated heterocycles. The van der Waals surface area contributed by atoms with Crippen LogP contribution in [0, 0.1) is 0 Å². The van der Waals surface area contributed by atoms with Crippen LogP contribution in [0.1, 0.15) is 120 Å². The van der Waals surface area contributed by atoms with E-state index >= 15 is 4.79 Å². The Morgan fingerprint density at radius 1 is 0.548 bits per heavy atom. The zero-order chi connectivity index (χ0) is 41.6. The van der Waals surface area contributed by atoms with Gasteiger partial charge in [-0.15, -0.1) is 0 Å². The van der Waals surface area contributed by atoms with Crippen LogP contribution in [0.2, 0.25) is 0 Å². The van der Waals surface area contributed by atoms with Gasteiger partial charge in [-0.1, -0.05) is 163 Å². The Bertz CT molecular complexity index is 3220. The first-order chi connectivity index (χ1) is 30.3. The average molecular weight is 805 g/mol. The molecular weight excluding hydrogens is 751 g/mol. The molecule has 2 spiro atoms. The summed E-state index contributed by atoms with van der Waals surface area (Å²) in [5.41, 5.74) is 21.2. The van der Waals surface area contributed by atoms with Crippen LogP contribution in [0.5, 0.6) is 0 Å². The molecular formula is C58H53BN2O. The molecule has 0 radical (unpaired) electrons. The Balaban J connectivity index is 1.17. The fraction of sp³-hybridized carbons (Fsp3) is 0.293. The molecule has 0 N–H and O–H groups in total.